The molecule has 0 bridgehead atoms. The number of carbonyl (C=O) groups excluding carboxylic acids is 1. The molecule has 1 saturated heterocycles. The fourth-order valence-corrected chi connectivity index (χ4v) is 3.37. The van der Waals surface area contributed by atoms with Gasteiger partial charge >= 0.3 is 0 Å². The number of nitrogens with zero attached hydrogens (tertiary/aromatic N) is 1. The van der Waals surface area contributed by atoms with Gasteiger partial charge in [0.15, 0.2) is 0 Å². The van der Waals surface area contributed by atoms with Gasteiger partial charge in [0, 0.05) is 29.2 Å². The molecule has 0 atom stereocenters. The van der Waals surface area contributed by atoms with Crippen LogP contribution in [-0.2, 0) is 4.79 Å². The molecule has 4 nitrogen and oxygen atoms in total. The number of hydrogen-bond acceptors (Lipinski definition) is 3. The first kappa shape index (κ1) is 17.5. The zero-order valence-electron chi connectivity index (χ0n) is 14.2. The maximum absolute atomic E-state index is 12.4. The Bertz CT molecular complexity index is 783. The van der Waals surface area contributed by atoms with Crippen LogP contribution < -0.4 is 15.0 Å². The van der Waals surface area contributed by atoms with Gasteiger partial charge < -0.3 is 15.0 Å². The summed E-state index contributed by atoms with van der Waals surface area (Å²) in [7, 11) is 1.62. The lowest BCUT2D eigenvalue weighted by Gasteiger charge is -2.21. The van der Waals surface area contributed by atoms with Crippen LogP contribution in [0.3, 0.4) is 0 Å². The molecule has 130 valence electrons. The lowest BCUT2D eigenvalue weighted by atomic mass is 10.2. The molecule has 0 aliphatic carbocycles. The van der Waals surface area contributed by atoms with Crippen molar-refractivity contribution in [2.24, 2.45) is 0 Å². The normalized spacial score (nSPS) is 14.1. The number of carbonyl (C=O) groups is 1. The quantitative estimate of drug-likeness (QED) is 0.738. The van der Waals surface area contributed by atoms with E-state index in [0.717, 1.165) is 40.2 Å². The number of anilines is 2. The minimum Gasteiger partial charge on any atom is -0.496 e. The summed E-state index contributed by atoms with van der Waals surface area (Å²) in [5, 5.41) is 2.99. The number of benzene rings is 2. The van der Waals surface area contributed by atoms with E-state index in [0.29, 0.717) is 0 Å². The summed E-state index contributed by atoms with van der Waals surface area (Å²) in [4.78, 5) is 14.7. The van der Waals surface area contributed by atoms with Gasteiger partial charge in [-0.3, -0.25) is 4.79 Å². The van der Waals surface area contributed by atoms with Gasteiger partial charge in [-0.25, -0.2) is 0 Å². The predicted molar refractivity (Wildman–Crippen MR) is 106 cm³/mol. The van der Waals surface area contributed by atoms with Crippen molar-refractivity contribution in [1.82, 2.24) is 0 Å². The van der Waals surface area contributed by atoms with E-state index in [4.69, 9.17) is 4.74 Å². The minimum absolute atomic E-state index is 0.159. The Kier molecular flexibility index (Phi) is 5.76. The van der Waals surface area contributed by atoms with Gasteiger partial charge in [0.2, 0.25) is 5.91 Å². The number of ether oxygens (including phenoxy) is 1. The van der Waals surface area contributed by atoms with Crippen molar-refractivity contribution in [3.8, 4) is 5.75 Å². The second kappa shape index (κ2) is 8.21. The fourth-order valence-electron chi connectivity index (χ4n) is 2.99. The van der Waals surface area contributed by atoms with Crippen molar-refractivity contribution < 1.29 is 9.53 Å². The molecular weight excluding hydrogens is 380 g/mol. The number of amides is 1. The largest absolute Gasteiger partial charge is 0.496 e. The van der Waals surface area contributed by atoms with Crippen LogP contribution in [0.4, 0.5) is 11.4 Å². The van der Waals surface area contributed by atoms with Crippen LogP contribution in [-0.4, -0.2) is 26.1 Å². The number of halogens is 1. The van der Waals surface area contributed by atoms with Crippen LogP contribution in [0.15, 0.2) is 53.0 Å². The van der Waals surface area contributed by atoms with E-state index in [1.807, 2.05) is 36.4 Å². The maximum atomic E-state index is 12.4. The smallest absolute Gasteiger partial charge is 0.248 e. The first-order valence-corrected chi connectivity index (χ1v) is 9.13. The van der Waals surface area contributed by atoms with Crippen molar-refractivity contribution in [3.05, 3.63) is 58.6 Å². The summed E-state index contributed by atoms with van der Waals surface area (Å²) >= 11 is 3.44. The third-order valence-electron chi connectivity index (χ3n) is 4.21. The molecule has 0 unspecified atom stereocenters. The van der Waals surface area contributed by atoms with Crippen LogP contribution in [0, 0.1) is 0 Å². The molecule has 1 fully saturated rings. The van der Waals surface area contributed by atoms with Crippen LogP contribution in [0.2, 0.25) is 0 Å². The summed E-state index contributed by atoms with van der Waals surface area (Å²) in [5.41, 5.74) is 2.78. The highest BCUT2D eigenvalue weighted by atomic mass is 79.9. The van der Waals surface area contributed by atoms with Crippen molar-refractivity contribution in [1.29, 1.82) is 0 Å². The van der Waals surface area contributed by atoms with Crippen molar-refractivity contribution in [3.63, 3.8) is 0 Å². The minimum atomic E-state index is -0.159. The number of rotatable bonds is 5. The van der Waals surface area contributed by atoms with Gasteiger partial charge in [0.25, 0.3) is 0 Å². The number of methoxy groups -OCH3 is 1. The molecule has 25 heavy (non-hydrogen) atoms. The van der Waals surface area contributed by atoms with Gasteiger partial charge in [-0.15, -0.1) is 0 Å². The highest BCUT2D eigenvalue weighted by molar-refractivity contribution is 9.10. The molecule has 1 aliphatic rings. The molecule has 1 heterocycles. The SMILES string of the molecule is COc1ccc(Br)cc1/C=C/C(=O)Nc1ccccc1N1CCCC1. The fraction of sp³-hybridized carbons (Fsp3) is 0.250. The highest BCUT2D eigenvalue weighted by Crippen LogP contribution is 2.29. The second-order valence-electron chi connectivity index (χ2n) is 5.92. The number of para-hydroxylation sites is 2. The highest BCUT2D eigenvalue weighted by Gasteiger charge is 2.15. The van der Waals surface area contributed by atoms with Gasteiger partial charge in [-0.1, -0.05) is 28.1 Å². The summed E-state index contributed by atoms with van der Waals surface area (Å²) in [6.07, 6.45) is 5.69. The van der Waals surface area contributed by atoms with Crippen LogP contribution in [0.1, 0.15) is 18.4 Å². The molecule has 1 amide bonds. The molecule has 0 spiro atoms. The third-order valence-corrected chi connectivity index (χ3v) is 4.71. The van der Waals surface area contributed by atoms with Gasteiger partial charge in [0.05, 0.1) is 18.5 Å². The molecule has 2 aromatic rings. The lowest BCUT2D eigenvalue weighted by molar-refractivity contribution is -0.111. The molecule has 0 radical (unpaired) electrons. The standard InChI is InChI=1S/C20H21BrN2O2/c1-25-19-10-9-16(21)14-15(19)8-11-20(24)22-17-6-2-3-7-18(17)23-12-4-5-13-23/h2-3,6-11,14H,4-5,12-13H2,1H3,(H,22,24)/b11-8+. The van der Waals surface area contributed by atoms with Crippen molar-refractivity contribution in [2.45, 2.75) is 12.8 Å². The van der Waals surface area contributed by atoms with Crippen molar-refractivity contribution in [2.75, 3.05) is 30.4 Å². The Balaban J connectivity index is 1.74. The summed E-state index contributed by atoms with van der Waals surface area (Å²) < 4.78 is 6.26. The van der Waals surface area contributed by atoms with Gasteiger partial charge in [-0.2, -0.15) is 0 Å². The lowest BCUT2D eigenvalue weighted by Crippen LogP contribution is -2.20. The molecule has 1 aliphatic heterocycles. The zero-order chi connectivity index (χ0) is 17.6. The van der Waals surface area contributed by atoms with Crippen LogP contribution in [0.5, 0.6) is 5.75 Å². The van der Waals surface area contributed by atoms with E-state index in [2.05, 4.69) is 32.2 Å². The Morgan fingerprint density at radius 1 is 1.20 bits per heavy atom. The van der Waals surface area contributed by atoms with E-state index < -0.39 is 0 Å². The Morgan fingerprint density at radius 3 is 2.72 bits per heavy atom. The molecule has 3 rings (SSSR count). The molecule has 0 aromatic heterocycles. The average Bonchev–Trinajstić information content (AvgIpc) is 3.15. The summed E-state index contributed by atoms with van der Waals surface area (Å²) in [6.45, 7) is 2.08. The number of nitrogens with one attached hydrogen (secondary N) is 1. The van der Waals surface area contributed by atoms with E-state index in [1.54, 1.807) is 13.2 Å². The number of hydrogen-bond donors (Lipinski definition) is 1. The summed E-state index contributed by atoms with van der Waals surface area (Å²) in [5.74, 6) is 0.568. The van der Waals surface area contributed by atoms with E-state index >= 15 is 0 Å². The van der Waals surface area contributed by atoms with E-state index in [1.165, 1.54) is 18.9 Å². The van der Waals surface area contributed by atoms with Gasteiger partial charge in [0.1, 0.15) is 5.75 Å². The Morgan fingerprint density at radius 2 is 1.96 bits per heavy atom. The zero-order valence-corrected chi connectivity index (χ0v) is 15.8. The monoisotopic (exact) mass is 400 g/mol. The topological polar surface area (TPSA) is 41.6 Å². The Hall–Kier alpha value is -2.27. The molecular formula is C20H21BrN2O2. The first-order chi connectivity index (χ1) is 12.2. The van der Waals surface area contributed by atoms with Crippen LogP contribution in [0.25, 0.3) is 6.08 Å². The molecule has 0 saturated carbocycles. The van der Waals surface area contributed by atoms with Crippen LogP contribution >= 0.6 is 15.9 Å². The second-order valence-corrected chi connectivity index (χ2v) is 6.84. The maximum Gasteiger partial charge on any atom is 0.248 e. The third kappa shape index (κ3) is 4.42. The molecule has 5 heteroatoms. The van der Waals surface area contributed by atoms with Gasteiger partial charge in [-0.05, 0) is 49.2 Å². The summed E-state index contributed by atoms with van der Waals surface area (Å²) in [6, 6.07) is 13.6. The van der Waals surface area contributed by atoms with Crippen molar-refractivity contribution >= 4 is 39.3 Å². The van der Waals surface area contributed by atoms with E-state index in [9.17, 15) is 4.79 Å². The first-order valence-electron chi connectivity index (χ1n) is 8.34. The van der Waals surface area contributed by atoms with E-state index in [-0.39, 0.29) is 5.91 Å². The average molecular weight is 401 g/mol. The molecule has 2 aromatic carbocycles. The Labute approximate surface area is 156 Å². The predicted octanol–water partition coefficient (Wildman–Crippen LogP) is 4.71. The molecule has 1 N–H and O–H groups in total.